The maximum Gasteiger partial charge on any atom is 0.227 e. The highest BCUT2D eigenvalue weighted by Gasteiger charge is 2.39. The topological polar surface area (TPSA) is 49.9 Å². The van der Waals surface area contributed by atoms with E-state index in [-0.39, 0.29) is 23.8 Å². The standard InChI is InChI=1S/C20H32N2O3/c23-19(15-9-10-15)21-11-3-5-16(13-21)20(24)22(17-6-1-2-7-17)14-18-8-4-12-25-18/h15-18H,1-14H2/t16-,18-/m0/s1. The second-order valence-electron chi connectivity index (χ2n) is 8.46. The Morgan fingerprint density at radius 3 is 2.40 bits per heavy atom. The number of rotatable bonds is 5. The van der Waals surface area contributed by atoms with E-state index in [1.54, 1.807) is 0 Å². The Morgan fingerprint density at radius 2 is 1.72 bits per heavy atom. The average molecular weight is 348 g/mol. The lowest BCUT2D eigenvalue weighted by molar-refractivity contribution is -0.144. The summed E-state index contributed by atoms with van der Waals surface area (Å²) in [5.41, 5.74) is 0. The van der Waals surface area contributed by atoms with Crippen LogP contribution in [-0.2, 0) is 14.3 Å². The van der Waals surface area contributed by atoms with Crippen LogP contribution in [-0.4, -0.2) is 60.0 Å². The third-order valence-electron chi connectivity index (χ3n) is 6.48. The third-order valence-corrected chi connectivity index (χ3v) is 6.48. The van der Waals surface area contributed by atoms with Crippen LogP contribution >= 0.6 is 0 Å². The predicted octanol–water partition coefficient (Wildman–Crippen LogP) is 2.59. The molecule has 0 bridgehead atoms. The van der Waals surface area contributed by atoms with E-state index >= 15 is 0 Å². The highest BCUT2D eigenvalue weighted by atomic mass is 16.5. The molecule has 5 heteroatoms. The molecule has 2 aliphatic carbocycles. The van der Waals surface area contributed by atoms with E-state index in [2.05, 4.69) is 4.90 Å². The van der Waals surface area contributed by atoms with Crippen molar-refractivity contribution in [1.29, 1.82) is 0 Å². The summed E-state index contributed by atoms with van der Waals surface area (Å²) < 4.78 is 5.82. The first-order valence-electron chi connectivity index (χ1n) is 10.4. The molecule has 0 aromatic rings. The number of ether oxygens (including phenoxy) is 1. The molecule has 2 atom stereocenters. The fourth-order valence-corrected chi connectivity index (χ4v) is 4.84. The van der Waals surface area contributed by atoms with Gasteiger partial charge in [0.1, 0.15) is 0 Å². The second kappa shape index (κ2) is 7.65. The SMILES string of the molecule is O=C(C1CC1)N1CCC[C@H](C(=O)N(C[C@@H]2CCCO2)C2CCCC2)C1. The van der Waals surface area contributed by atoms with Gasteiger partial charge in [-0.15, -0.1) is 0 Å². The number of piperidine rings is 1. The van der Waals surface area contributed by atoms with Gasteiger partial charge in [0, 0.05) is 38.2 Å². The molecule has 2 saturated heterocycles. The van der Waals surface area contributed by atoms with Crippen LogP contribution in [0.15, 0.2) is 0 Å². The molecule has 2 heterocycles. The van der Waals surface area contributed by atoms with Crippen molar-refractivity contribution < 1.29 is 14.3 Å². The summed E-state index contributed by atoms with van der Waals surface area (Å²) in [6, 6.07) is 0.395. The summed E-state index contributed by atoms with van der Waals surface area (Å²) in [4.78, 5) is 29.9. The Bertz CT molecular complexity index is 493. The molecule has 0 radical (unpaired) electrons. The lowest BCUT2D eigenvalue weighted by Crippen LogP contribution is -2.51. The fourth-order valence-electron chi connectivity index (χ4n) is 4.84. The van der Waals surface area contributed by atoms with Gasteiger partial charge in [0.15, 0.2) is 0 Å². The van der Waals surface area contributed by atoms with Crippen LogP contribution in [0.2, 0.25) is 0 Å². The van der Waals surface area contributed by atoms with Gasteiger partial charge in [0.2, 0.25) is 11.8 Å². The molecule has 0 N–H and O–H groups in total. The quantitative estimate of drug-likeness (QED) is 0.767. The molecule has 0 unspecified atom stereocenters. The Balaban J connectivity index is 1.41. The van der Waals surface area contributed by atoms with Crippen molar-refractivity contribution in [3.63, 3.8) is 0 Å². The summed E-state index contributed by atoms with van der Waals surface area (Å²) in [5, 5.41) is 0. The lowest BCUT2D eigenvalue weighted by Gasteiger charge is -2.38. The van der Waals surface area contributed by atoms with Crippen molar-refractivity contribution in [2.45, 2.75) is 76.4 Å². The van der Waals surface area contributed by atoms with Crippen molar-refractivity contribution in [2.24, 2.45) is 11.8 Å². The zero-order valence-electron chi connectivity index (χ0n) is 15.3. The first-order valence-corrected chi connectivity index (χ1v) is 10.4. The maximum atomic E-state index is 13.4. The monoisotopic (exact) mass is 348 g/mol. The molecular weight excluding hydrogens is 316 g/mol. The van der Waals surface area contributed by atoms with Crippen LogP contribution in [0.25, 0.3) is 0 Å². The average Bonchev–Trinajstić information content (AvgIpc) is 3.11. The van der Waals surface area contributed by atoms with Gasteiger partial charge in [-0.3, -0.25) is 9.59 Å². The summed E-state index contributed by atoms with van der Waals surface area (Å²) in [6.07, 6.45) is 11.1. The Labute approximate surface area is 151 Å². The van der Waals surface area contributed by atoms with E-state index in [0.717, 1.165) is 71.1 Å². The van der Waals surface area contributed by atoms with E-state index < -0.39 is 0 Å². The molecule has 2 amide bonds. The van der Waals surface area contributed by atoms with Crippen molar-refractivity contribution in [1.82, 2.24) is 9.80 Å². The number of carbonyl (C=O) groups is 2. The number of nitrogens with zero attached hydrogens (tertiary/aromatic N) is 2. The number of likely N-dealkylation sites (tertiary alicyclic amines) is 1. The number of carbonyl (C=O) groups excluding carboxylic acids is 2. The van der Waals surface area contributed by atoms with E-state index in [4.69, 9.17) is 4.74 Å². The van der Waals surface area contributed by atoms with Gasteiger partial charge in [-0.05, 0) is 51.4 Å². The number of hydrogen-bond acceptors (Lipinski definition) is 3. The van der Waals surface area contributed by atoms with Crippen molar-refractivity contribution in [3.05, 3.63) is 0 Å². The minimum absolute atomic E-state index is 0.00143. The molecule has 25 heavy (non-hydrogen) atoms. The summed E-state index contributed by atoms with van der Waals surface area (Å²) in [5.74, 6) is 0.838. The Kier molecular flexibility index (Phi) is 5.30. The van der Waals surface area contributed by atoms with Gasteiger partial charge < -0.3 is 14.5 Å². The number of hydrogen-bond donors (Lipinski definition) is 0. The lowest BCUT2D eigenvalue weighted by atomic mass is 9.95. The molecule has 0 aromatic carbocycles. The highest BCUT2D eigenvalue weighted by molar-refractivity contribution is 5.83. The van der Waals surface area contributed by atoms with E-state index in [9.17, 15) is 9.59 Å². The zero-order valence-corrected chi connectivity index (χ0v) is 15.3. The van der Waals surface area contributed by atoms with Gasteiger partial charge in [0.25, 0.3) is 0 Å². The van der Waals surface area contributed by atoms with E-state index in [1.165, 1.54) is 12.8 Å². The Morgan fingerprint density at radius 1 is 0.920 bits per heavy atom. The van der Waals surface area contributed by atoms with Gasteiger partial charge in [-0.1, -0.05) is 12.8 Å². The molecule has 4 rings (SSSR count). The van der Waals surface area contributed by atoms with Crippen molar-refractivity contribution in [3.8, 4) is 0 Å². The van der Waals surface area contributed by atoms with Crippen LogP contribution in [0.5, 0.6) is 0 Å². The van der Waals surface area contributed by atoms with Crippen LogP contribution in [0, 0.1) is 11.8 Å². The van der Waals surface area contributed by atoms with E-state index in [1.807, 2.05) is 4.90 Å². The maximum absolute atomic E-state index is 13.4. The van der Waals surface area contributed by atoms with Crippen LogP contribution in [0.4, 0.5) is 0 Å². The van der Waals surface area contributed by atoms with Crippen LogP contribution in [0.1, 0.15) is 64.2 Å². The normalized spacial score (nSPS) is 30.6. The Hall–Kier alpha value is -1.10. The highest BCUT2D eigenvalue weighted by Crippen LogP contribution is 2.33. The summed E-state index contributed by atoms with van der Waals surface area (Å²) in [6.45, 7) is 3.08. The van der Waals surface area contributed by atoms with Gasteiger partial charge >= 0.3 is 0 Å². The minimum atomic E-state index is -0.00143. The molecule has 4 fully saturated rings. The second-order valence-corrected chi connectivity index (χ2v) is 8.46. The van der Waals surface area contributed by atoms with Gasteiger partial charge in [-0.25, -0.2) is 0 Å². The van der Waals surface area contributed by atoms with Crippen molar-refractivity contribution in [2.75, 3.05) is 26.2 Å². The van der Waals surface area contributed by atoms with Gasteiger partial charge in [-0.2, -0.15) is 0 Å². The smallest absolute Gasteiger partial charge is 0.227 e. The molecule has 2 aliphatic heterocycles. The first kappa shape index (κ1) is 17.3. The third kappa shape index (κ3) is 4.02. The van der Waals surface area contributed by atoms with E-state index in [0.29, 0.717) is 18.5 Å². The van der Waals surface area contributed by atoms with Crippen LogP contribution < -0.4 is 0 Å². The largest absolute Gasteiger partial charge is 0.376 e. The zero-order chi connectivity index (χ0) is 17.2. The minimum Gasteiger partial charge on any atom is -0.376 e. The molecule has 0 aromatic heterocycles. The molecule has 5 nitrogen and oxygen atoms in total. The summed E-state index contributed by atoms with van der Waals surface area (Å²) in [7, 11) is 0. The summed E-state index contributed by atoms with van der Waals surface area (Å²) >= 11 is 0. The molecule has 4 aliphatic rings. The molecule has 2 saturated carbocycles. The fraction of sp³-hybridized carbons (Fsp3) is 0.900. The molecule has 140 valence electrons. The first-order chi connectivity index (χ1) is 12.2. The van der Waals surface area contributed by atoms with Crippen molar-refractivity contribution >= 4 is 11.8 Å². The van der Waals surface area contributed by atoms with Crippen LogP contribution in [0.3, 0.4) is 0 Å². The molecule has 0 spiro atoms. The predicted molar refractivity (Wildman–Crippen MR) is 95.0 cm³/mol. The van der Waals surface area contributed by atoms with Gasteiger partial charge in [0.05, 0.1) is 12.0 Å². The molecular formula is C20H32N2O3. The number of amides is 2.